The molecule has 0 radical (unpaired) electrons. The third kappa shape index (κ3) is 2.69. The Balaban J connectivity index is 2.61. The largest absolute Gasteiger partial charge is 0.481 e. The molecule has 94 valence electrons. The maximum absolute atomic E-state index is 13.3. The zero-order valence-corrected chi connectivity index (χ0v) is 11.4. The Labute approximate surface area is 118 Å². The molecule has 0 bridgehead atoms. The summed E-state index contributed by atoms with van der Waals surface area (Å²) in [6, 6.07) is 5.88. The highest BCUT2D eigenvalue weighted by Gasteiger charge is 2.11. The summed E-state index contributed by atoms with van der Waals surface area (Å²) >= 11 is 17.8. The number of pyridine rings is 1. The summed E-state index contributed by atoms with van der Waals surface area (Å²) < 4.78 is 18.2. The fourth-order valence-electron chi connectivity index (χ4n) is 1.48. The standard InChI is InChI=1S/C12H7Cl3FNO/c1-18-12-3-6(2-11(16)17-12)7-4-9(14)10(15)5-8(7)13/h2-5H,1H3. The van der Waals surface area contributed by atoms with Crippen LogP contribution >= 0.6 is 34.8 Å². The lowest BCUT2D eigenvalue weighted by Crippen LogP contribution is -1.92. The average molecular weight is 307 g/mol. The van der Waals surface area contributed by atoms with E-state index in [2.05, 4.69) is 4.98 Å². The summed E-state index contributed by atoms with van der Waals surface area (Å²) in [6.45, 7) is 0. The van der Waals surface area contributed by atoms with Crippen LogP contribution in [0.1, 0.15) is 0 Å². The van der Waals surface area contributed by atoms with Crippen LogP contribution in [0.3, 0.4) is 0 Å². The molecule has 2 rings (SSSR count). The van der Waals surface area contributed by atoms with Gasteiger partial charge in [0.25, 0.3) is 0 Å². The van der Waals surface area contributed by atoms with Crippen molar-refractivity contribution in [3.8, 4) is 17.0 Å². The number of benzene rings is 1. The molecule has 0 amide bonds. The van der Waals surface area contributed by atoms with Gasteiger partial charge in [-0.15, -0.1) is 0 Å². The minimum atomic E-state index is -0.661. The van der Waals surface area contributed by atoms with Gasteiger partial charge in [-0.3, -0.25) is 0 Å². The van der Waals surface area contributed by atoms with Crippen molar-refractivity contribution in [3.63, 3.8) is 0 Å². The maximum Gasteiger partial charge on any atom is 0.216 e. The summed E-state index contributed by atoms with van der Waals surface area (Å²) in [4.78, 5) is 3.56. The molecule has 1 aromatic carbocycles. The Morgan fingerprint density at radius 2 is 1.67 bits per heavy atom. The number of hydrogen-bond acceptors (Lipinski definition) is 2. The molecule has 1 aromatic heterocycles. The van der Waals surface area contributed by atoms with Gasteiger partial charge in [0, 0.05) is 22.7 Å². The Morgan fingerprint density at radius 1 is 1.00 bits per heavy atom. The lowest BCUT2D eigenvalue weighted by atomic mass is 10.1. The number of methoxy groups -OCH3 is 1. The van der Waals surface area contributed by atoms with E-state index in [0.29, 0.717) is 26.2 Å². The van der Waals surface area contributed by atoms with Crippen molar-refractivity contribution in [3.05, 3.63) is 45.3 Å². The number of rotatable bonds is 2. The van der Waals surface area contributed by atoms with Crippen molar-refractivity contribution >= 4 is 34.8 Å². The molecular weight excluding hydrogens is 299 g/mol. The SMILES string of the molecule is COc1cc(-c2cc(Cl)c(Cl)cc2Cl)cc(F)n1. The van der Waals surface area contributed by atoms with Crippen molar-refractivity contribution in [1.29, 1.82) is 0 Å². The second kappa shape index (κ2) is 5.31. The van der Waals surface area contributed by atoms with E-state index in [4.69, 9.17) is 39.5 Å². The molecule has 0 saturated heterocycles. The molecule has 0 spiro atoms. The van der Waals surface area contributed by atoms with Gasteiger partial charge < -0.3 is 4.74 Å². The van der Waals surface area contributed by atoms with Gasteiger partial charge >= 0.3 is 0 Å². The molecule has 18 heavy (non-hydrogen) atoms. The highest BCUT2D eigenvalue weighted by atomic mass is 35.5. The molecule has 6 heteroatoms. The van der Waals surface area contributed by atoms with E-state index < -0.39 is 5.95 Å². The summed E-state index contributed by atoms with van der Waals surface area (Å²) in [5.41, 5.74) is 1.08. The van der Waals surface area contributed by atoms with Crippen molar-refractivity contribution in [2.45, 2.75) is 0 Å². The van der Waals surface area contributed by atoms with Crippen LogP contribution in [0.5, 0.6) is 5.88 Å². The maximum atomic E-state index is 13.3. The number of aromatic nitrogens is 1. The Kier molecular flexibility index (Phi) is 3.95. The number of halogens is 4. The fraction of sp³-hybridized carbons (Fsp3) is 0.0833. The van der Waals surface area contributed by atoms with Gasteiger partial charge in [-0.05, 0) is 17.7 Å². The first-order valence-electron chi connectivity index (χ1n) is 4.87. The zero-order valence-electron chi connectivity index (χ0n) is 9.18. The van der Waals surface area contributed by atoms with E-state index in [9.17, 15) is 4.39 Å². The molecule has 0 aliphatic carbocycles. The third-order valence-corrected chi connectivity index (χ3v) is 3.34. The van der Waals surface area contributed by atoms with Gasteiger partial charge in [0.2, 0.25) is 11.8 Å². The van der Waals surface area contributed by atoms with Gasteiger partial charge in [-0.25, -0.2) is 0 Å². The van der Waals surface area contributed by atoms with E-state index in [1.54, 1.807) is 12.1 Å². The highest BCUT2D eigenvalue weighted by molar-refractivity contribution is 6.44. The smallest absolute Gasteiger partial charge is 0.216 e. The molecule has 0 aliphatic rings. The van der Waals surface area contributed by atoms with Crippen molar-refractivity contribution in [2.24, 2.45) is 0 Å². The van der Waals surface area contributed by atoms with E-state index in [1.165, 1.54) is 19.2 Å². The molecule has 1 heterocycles. The quantitative estimate of drug-likeness (QED) is 0.584. The third-order valence-electron chi connectivity index (χ3n) is 2.30. The summed E-state index contributed by atoms with van der Waals surface area (Å²) in [7, 11) is 1.40. The predicted octanol–water partition coefficient (Wildman–Crippen LogP) is 4.86. The molecule has 0 atom stereocenters. The summed E-state index contributed by atoms with van der Waals surface area (Å²) in [6.07, 6.45) is 0. The minimum Gasteiger partial charge on any atom is -0.481 e. The minimum absolute atomic E-state index is 0.159. The second-order valence-electron chi connectivity index (χ2n) is 3.47. The normalized spacial score (nSPS) is 10.5. The Bertz CT molecular complexity index is 604. The van der Waals surface area contributed by atoms with Gasteiger partial charge in [0.15, 0.2) is 0 Å². The average Bonchev–Trinajstić information content (AvgIpc) is 2.33. The molecule has 2 nitrogen and oxygen atoms in total. The van der Waals surface area contributed by atoms with Crippen molar-refractivity contribution in [2.75, 3.05) is 7.11 Å². The second-order valence-corrected chi connectivity index (χ2v) is 4.69. The van der Waals surface area contributed by atoms with E-state index >= 15 is 0 Å². The van der Waals surface area contributed by atoms with Gasteiger partial charge in [-0.1, -0.05) is 34.8 Å². The van der Waals surface area contributed by atoms with Crippen LogP contribution in [0.15, 0.2) is 24.3 Å². The first-order valence-corrected chi connectivity index (χ1v) is 6.01. The Morgan fingerprint density at radius 3 is 2.33 bits per heavy atom. The summed E-state index contributed by atoms with van der Waals surface area (Å²) in [5.74, 6) is -0.501. The topological polar surface area (TPSA) is 22.1 Å². The monoisotopic (exact) mass is 305 g/mol. The molecule has 0 N–H and O–H groups in total. The lowest BCUT2D eigenvalue weighted by molar-refractivity contribution is 0.388. The van der Waals surface area contributed by atoms with Crippen LogP contribution < -0.4 is 4.74 Å². The summed E-state index contributed by atoms with van der Waals surface area (Å²) in [5, 5.41) is 1.05. The number of nitrogens with zero attached hydrogens (tertiary/aromatic N) is 1. The van der Waals surface area contributed by atoms with Crippen LogP contribution in [0.2, 0.25) is 15.1 Å². The van der Waals surface area contributed by atoms with Crippen LogP contribution in [0.4, 0.5) is 4.39 Å². The van der Waals surface area contributed by atoms with E-state index in [0.717, 1.165) is 0 Å². The van der Waals surface area contributed by atoms with E-state index in [1.807, 2.05) is 0 Å². The van der Waals surface area contributed by atoms with Gasteiger partial charge in [0.1, 0.15) is 0 Å². The lowest BCUT2D eigenvalue weighted by Gasteiger charge is -2.08. The predicted molar refractivity (Wildman–Crippen MR) is 71.2 cm³/mol. The van der Waals surface area contributed by atoms with E-state index in [-0.39, 0.29) is 5.88 Å². The Hall–Kier alpha value is -1.03. The molecule has 0 fully saturated rings. The van der Waals surface area contributed by atoms with Crippen LogP contribution in [0, 0.1) is 5.95 Å². The van der Waals surface area contributed by atoms with Crippen LogP contribution in [0.25, 0.3) is 11.1 Å². The van der Waals surface area contributed by atoms with Crippen molar-refractivity contribution < 1.29 is 9.13 Å². The first kappa shape index (κ1) is 13.4. The molecule has 2 aromatic rings. The molecule has 0 aliphatic heterocycles. The molecule has 0 saturated carbocycles. The zero-order chi connectivity index (χ0) is 13.3. The first-order chi connectivity index (χ1) is 8.51. The van der Waals surface area contributed by atoms with Crippen molar-refractivity contribution in [1.82, 2.24) is 4.98 Å². The molecule has 0 unspecified atom stereocenters. The number of hydrogen-bond donors (Lipinski definition) is 0. The van der Waals surface area contributed by atoms with Crippen LogP contribution in [-0.4, -0.2) is 12.1 Å². The van der Waals surface area contributed by atoms with Gasteiger partial charge in [-0.2, -0.15) is 9.37 Å². The number of ether oxygens (including phenoxy) is 1. The van der Waals surface area contributed by atoms with Crippen LogP contribution in [-0.2, 0) is 0 Å². The van der Waals surface area contributed by atoms with Gasteiger partial charge in [0.05, 0.1) is 17.2 Å². The fourth-order valence-corrected chi connectivity index (χ4v) is 2.13. The highest BCUT2D eigenvalue weighted by Crippen LogP contribution is 2.36. The molecular formula is C12H7Cl3FNO.